The molecule has 1 saturated carbocycles. The molecule has 0 heterocycles. The van der Waals surface area contributed by atoms with Gasteiger partial charge in [0.05, 0.1) is 0 Å². The Morgan fingerprint density at radius 1 is 1.31 bits per heavy atom. The van der Waals surface area contributed by atoms with E-state index < -0.39 is 0 Å². The van der Waals surface area contributed by atoms with Gasteiger partial charge in [-0.05, 0) is 25.3 Å². The van der Waals surface area contributed by atoms with E-state index in [0.717, 1.165) is 12.0 Å². The fourth-order valence-corrected chi connectivity index (χ4v) is 2.41. The average Bonchev–Trinajstić information content (AvgIpc) is 3.07. The minimum atomic E-state index is 0.679. The molecule has 0 amide bonds. The van der Waals surface area contributed by atoms with Crippen molar-refractivity contribution in [3.8, 4) is 0 Å². The lowest BCUT2D eigenvalue weighted by Gasteiger charge is -2.13. The Morgan fingerprint density at radius 3 is 2.75 bits per heavy atom. The third-order valence-corrected chi connectivity index (χ3v) is 3.51. The summed E-state index contributed by atoms with van der Waals surface area (Å²) in [6, 6.07) is 12.3. The Hall–Kier alpha value is -0.820. The van der Waals surface area contributed by atoms with Crippen molar-refractivity contribution in [1.82, 2.24) is 5.32 Å². The molecule has 1 aliphatic rings. The number of nitrogens with one attached hydrogen (secondary N) is 1. The Balaban J connectivity index is 1.75. The van der Waals surface area contributed by atoms with E-state index in [-0.39, 0.29) is 0 Å². The van der Waals surface area contributed by atoms with Crippen LogP contribution < -0.4 is 5.32 Å². The van der Waals surface area contributed by atoms with Crippen molar-refractivity contribution in [2.75, 3.05) is 0 Å². The summed E-state index contributed by atoms with van der Waals surface area (Å²) in [6.45, 7) is 4.58. The highest BCUT2D eigenvalue weighted by molar-refractivity contribution is 5.27. The summed E-state index contributed by atoms with van der Waals surface area (Å²) >= 11 is 0. The van der Waals surface area contributed by atoms with Crippen LogP contribution in [0.3, 0.4) is 0 Å². The van der Waals surface area contributed by atoms with Crippen LogP contribution in [-0.2, 0) is 0 Å². The second-order valence-corrected chi connectivity index (χ2v) is 5.07. The van der Waals surface area contributed by atoms with E-state index in [0.29, 0.717) is 6.04 Å². The van der Waals surface area contributed by atoms with Crippen molar-refractivity contribution >= 4 is 0 Å². The molecule has 88 valence electrons. The van der Waals surface area contributed by atoms with Crippen LogP contribution in [0.15, 0.2) is 30.3 Å². The molecular weight excluding hydrogens is 194 g/mol. The molecule has 1 aliphatic carbocycles. The van der Waals surface area contributed by atoms with Gasteiger partial charge in [0, 0.05) is 18.0 Å². The summed E-state index contributed by atoms with van der Waals surface area (Å²) in [4.78, 5) is 0. The first-order valence-corrected chi connectivity index (χ1v) is 6.62. The quantitative estimate of drug-likeness (QED) is 0.766. The SMILES string of the molecule is CCCCC(C)NC1CC1c1ccccc1. The first-order chi connectivity index (χ1) is 7.81. The highest BCUT2D eigenvalue weighted by atomic mass is 15.0. The fourth-order valence-electron chi connectivity index (χ4n) is 2.41. The Labute approximate surface area is 99.3 Å². The lowest BCUT2D eigenvalue weighted by atomic mass is 10.1. The minimum absolute atomic E-state index is 0.679. The summed E-state index contributed by atoms with van der Waals surface area (Å²) in [5.41, 5.74) is 1.50. The molecule has 1 heteroatoms. The van der Waals surface area contributed by atoms with Gasteiger partial charge in [-0.2, -0.15) is 0 Å². The maximum atomic E-state index is 3.74. The molecule has 0 aromatic heterocycles. The van der Waals surface area contributed by atoms with Gasteiger partial charge in [-0.25, -0.2) is 0 Å². The van der Waals surface area contributed by atoms with Crippen LogP contribution in [0.25, 0.3) is 0 Å². The molecule has 2 rings (SSSR count). The molecule has 1 nitrogen and oxygen atoms in total. The van der Waals surface area contributed by atoms with E-state index in [1.165, 1.54) is 31.2 Å². The third kappa shape index (κ3) is 3.08. The first kappa shape index (κ1) is 11.7. The summed E-state index contributed by atoms with van der Waals surface area (Å²) in [5, 5.41) is 3.74. The van der Waals surface area contributed by atoms with Crippen LogP contribution in [0.1, 0.15) is 51.0 Å². The zero-order valence-electron chi connectivity index (χ0n) is 10.4. The summed E-state index contributed by atoms with van der Waals surface area (Å²) in [5.74, 6) is 0.769. The molecule has 3 unspecified atom stereocenters. The van der Waals surface area contributed by atoms with Crippen molar-refractivity contribution in [1.29, 1.82) is 0 Å². The molecule has 0 radical (unpaired) electrons. The lowest BCUT2D eigenvalue weighted by molar-refractivity contribution is 0.488. The average molecular weight is 217 g/mol. The van der Waals surface area contributed by atoms with E-state index in [2.05, 4.69) is 49.5 Å². The topological polar surface area (TPSA) is 12.0 Å². The van der Waals surface area contributed by atoms with Gasteiger partial charge in [-0.15, -0.1) is 0 Å². The molecule has 0 spiro atoms. The molecular formula is C15H23N. The van der Waals surface area contributed by atoms with E-state index >= 15 is 0 Å². The van der Waals surface area contributed by atoms with Gasteiger partial charge in [-0.3, -0.25) is 0 Å². The van der Waals surface area contributed by atoms with Crippen molar-refractivity contribution in [3.63, 3.8) is 0 Å². The Bertz CT molecular complexity index is 306. The maximum absolute atomic E-state index is 3.74. The second kappa shape index (κ2) is 5.49. The minimum Gasteiger partial charge on any atom is -0.311 e. The highest BCUT2D eigenvalue weighted by Crippen LogP contribution is 2.40. The van der Waals surface area contributed by atoms with Crippen LogP contribution in [0.4, 0.5) is 0 Å². The van der Waals surface area contributed by atoms with Gasteiger partial charge in [0.15, 0.2) is 0 Å². The second-order valence-electron chi connectivity index (χ2n) is 5.07. The van der Waals surface area contributed by atoms with Gasteiger partial charge < -0.3 is 5.32 Å². The lowest BCUT2D eigenvalue weighted by Crippen LogP contribution is -2.28. The molecule has 1 fully saturated rings. The molecule has 1 aromatic rings. The van der Waals surface area contributed by atoms with Crippen LogP contribution in [0, 0.1) is 0 Å². The van der Waals surface area contributed by atoms with E-state index in [1.54, 1.807) is 0 Å². The van der Waals surface area contributed by atoms with Gasteiger partial charge in [0.25, 0.3) is 0 Å². The van der Waals surface area contributed by atoms with Crippen molar-refractivity contribution in [3.05, 3.63) is 35.9 Å². The van der Waals surface area contributed by atoms with Crippen LogP contribution in [0.2, 0.25) is 0 Å². The molecule has 1 N–H and O–H groups in total. The largest absolute Gasteiger partial charge is 0.311 e. The predicted octanol–water partition coefficient (Wildman–Crippen LogP) is 3.71. The molecule has 0 saturated heterocycles. The Kier molecular flexibility index (Phi) is 4.00. The van der Waals surface area contributed by atoms with Crippen molar-refractivity contribution in [2.24, 2.45) is 0 Å². The molecule has 0 bridgehead atoms. The smallest absolute Gasteiger partial charge is 0.0145 e. The highest BCUT2D eigenvalue weighted by Gasteiger charge is 2.38. The third-order valence-electron chi connectivity index (χ3n) is 3.51. The van der Waals surface area contributed by atoms with Gasteiger partial charge >= 0.3 is 0 Å². The first-order valence-electron chi connectivity index (χ1n) is 6.62. The monoisotopic (exact) mass is 217 g/mol. The number of benzene rings is 1. The van der Waals surface area contributed by atoms with Gasteiger partial charge in [0.2, 0.25) is 0 Å². The van der Waals surface area contributed by atoms with Crippen LogP contribution in [0.5, 0.6) is 0 Å². The summed E-state index contributed by atoms with van der Waals surface area (Å²) < 4.78 is 0. The number of unbranched alkanes of at least 4 members (excludes halogenated alkanes) is 1. The zero-order chi connectivity index (χ0) is 11.4. The molecule has 0 aliphatic heterocycles. The normalized spacial score (nSPS) is 25.4. The summed E-state index contributed by atoms with van der Waals surface area (Å²) in [7, 11) is 0. The van der Waals surface area contributed by atoms with Gasteiger partial charge in [0.1, 0.15) is 0 Å². The standard InChI is InChI=1S/C15H23N/c1-3-4-8-12(2)16-15-11-14(15)13-9-6-5-7-10-13/h5-7,9-10,12,14-16H,3-4,8,11H2,1-2H3. The Morgan fingerprint density at radius 2 is 2.06 bits per heavy atom. The van der Waals surface area contributed by atoms with Crippen LogP contribution >= 0.6 is 0 Å². The number of rotatable bonds is 6. The summed E-state index contributed by atoms with van der Waals surface area (Å²) in [6.07, 6.45) is 5.28. The molecule has 1 aromatic carbocycles. The predicted molar refractivity (Wildman–Crippen MR) is 69.7 cm³/mol. The van der Waals surface area contributed by atoms with Crippen LogP contribution in [-0.4, -0.2) is 12.1 Å². The number of hydrogen-bond donors (Lipinski definition) is 1. The van der Waals surface area contributed by atoms with Crippen molar-refractivity contribution < 1.29 is 0 Å². The maximum Gasteiger partial charge on any atom is 0.0145 e. The van der Waals surface area contributed by atoms with E-state index in [9.17, 15) is 0 Å². The van der Waals surface area contributed by atoms with Crippen molar-refractivity contribution in [2.45, 2.75) is 57.5 Å². The van der Waals surface area contributed by atoms with Gasteiger partial charge in [-0.1, -0.05) is 50.1 Å². The van der Waals surface area contributed by atoms with E-state index in [4.69, 9.17) is 0 Å². The van der Waals surface area contributed by atoms with E-state index in [1.807, 2.05) is 0 Å². The molecule has 3 atom stereocenters. The number of hydrogen-bond acceptors (Lipinski definition) is 1. The zero-order valence-corrected chi connectivity index (χ0v) is 10.4. The fraction of sp³-hybridized carbons (Fsp3) is 0.600. The molecule has 16 heavy (non-hydrogen) atoms.